The van der Waals surface area contributed by atoms with Gasteiger partial charge in [-0.3, -0.25) is 9.59 Å². The van der Waals surface area contributed by atoms with E-state index in [1.807, 2.05) is 6.07 Å². The zero-order valence-corrected chi connectivity index (χ0v) is 13.8. The van der Waals surface area contributed by atoms with E-state index in [2.05, 4.69) is 15.5 Å². The topological polar surface area (TPSA) is 101 Å². The third-order valence-corrected chi connectivity index (χ3v) is 4.20. The van der Waals surface area contributed by atoms with Gasteiger partial charge in [0.2, 0.25) is 17.6 Å². The predicted octanol–water partition coefficient (Wildman–Crippen LogP) is 1.69. The molecular formula is C18H16N4O4. The van der Waals surface area contributed by atoms with Crippen LogP contribution < -0.4 is 5.32 Å². The maximum absolute atomic E-state index is 12.2. The van der Waals surface area contributed by atoms with Crippen LogP contribution in [0.2, 0.25) is 0 Å². The van der Waals surface area contributed by atoms with Crippen molar-refractivity contribution in [1.82, 2.24) is 20.4 Å². The predicted molar refractivity (Wildman–Crippen MR) is 90.1 cm³/mol. The molecule has 26 heavy (non-hydrogen) atoms. The maximum Gasteiger partial charge on any atom is 0.251 e. The summed E-state index contributed by atoms with van der Waals surface area (Å²) in [6.07, 6.45) is 1.54. The lowest BCUT2D eigenvalue weighted by Gasteiger charge is -2.37. The van der Waals surface area contributed by atoms with Gasteiger partial charge in [0.25, 0.3) is 5.91 Å². The van der Waals surface area contributed by atoms with Crippen molar-refractivity contribution < 1.29 is 18.5 Å². The minimum absolute atomic E-state index is 0.0000119. The van der Waals surface area contributed by atoms with E-state index < -0.39 is 0 Å². The highest BCUT2D eigenvalue weighted by atomic mass is 16.5. The van der Waals surface area contributed by atoms with Gasteiger partial charge in [0.15, 0.2) is 5.76 Å². The van der Waals surface area contributed by atoms with Gasteiger partial charge in [-0.25, -0.2) is 0 Å². The Morgan fingerprint density at radius 2 is 1.96 bits per heavy atom. The van der Waals surface area contributed by atoms with Gasteiger partial charge in [-0.2, -0.15) is 4.98 Å². The molecule has 1 N–H and O–H groups in total. The molecule has 8 heteroatoms. The van der Waals surface area contributed by atoms with Crippen molar-refractivity contribution in [1.29, 1.82) is 0 Å². The molecule has 3 aromatic rings. The minimum atomic E-state index is -0.268. The van der Waals surface area contributed by atoms with Crippen LogP contribution in [0, 0.1) is 0 Å². The lowest BCUT2D eigenvalue weighted by atomic mass is 10.00. The SMILES string of the molecule is O=C(NCC(=O)N1CC(c2nc(-c3ccco3)no2)C1)c1ccccc1. The van der Waals surface area contributed by atoms with E-state index >= 15 is 0 Å². The number of carbonyl (C=O) groups excluding carboxylic acids is 2. The molecule has 0 unspecified atom stereocenters. The Morgan fingerprint density at radius 1 is 1.15 bits per heavy atom. The second-order valence-electron chi connectivity index (χ2n) is 5.98. The second-order valence-corrected chi connectivity index (χ2v) is 5.98. The number of nitrogens with zero attached hydrogens (tertiary/aromatic N) is 3. The summed E-state index contributed by atoms with van der Waals surface area (Å²) in [4.78, 5) is 30.1. The Bertz CT molecular complexity index is 898. The molecular weight excluding hydrogens is 336 g/mol. The molecule has 1 saturated heterocycles. The van der Waals surface area contributed by atoms with Crippen molar-refractivity contribution in [3.63, 3.8) is 0 Å². The lowest BCUT2D eigenvalue weighted by Crippen LogP contribution is -2.51. The Hall–Kier alpha value is -3.42. The number of amides is 2. The second kappa shape index (κ2) is 6.83. The highest BCUT2D eigenvalue weighted by Gasteiger charge is 2.35. The largest absolute Gasteiger partial charge is 0.461 e. The quantitative estimate of drug-likeness (QED) is 0.750. The van der Waals surface area contributed by atoms with Crippen LogP contribution in [0.15, 0.2) is 57.7 Å². The molecule has 8 nitrogen and oxygen atoms in total. The van der Waals surface area contributed by atoms with Crippen molar-refractivity contribution in [2.45, 2.75) is 5.92 Å². The van der Waals surface area contributed by atoms with Gasteiger partial charge in [0.05, 0.1) is 18.7 Å². The van der Waals surface area contributed by atoms with E-state index in [9.17, 15) is 9.59 Å². The van der Waals surface area contributed by atoms with E-state index in [4.69, 9.17) is 8.94 Å². The number of benzene rings is 1. The zero-order chi connectivity index (χ0) is 17.9. The van der Waals surface area contributed by atoms with Crippen molar-refractivity contribution in [3.8, 4) is 11.6 Å². The van der Waals surface area contributed by atoms with Gasteiger partial charge in [-0.15, -0.1) is 0 Å². The lowest BCUT2D eigenvalue weighted by molar-refractivity contribution is -0.134. The first-order valence-electron chi connectivity index (χ1n) is 8.19. The summed E-state index contributed by atoms with van der Waals surface area (Å²) in [7, 11) is 0. The highest BCUT2D eigenvalue weighted by molar-refractivity contribution is 5.96. The summed E-state index contributed by atoms with van der Waals surface area (Å²) in [5, 5.41) is 6.52. The fourth-order valence-corrected chi connectivity index (χ4v) is 2.70. The summed E-state index contributed by atoms with van der Waals surface area (Å²) in [6.45, 7) is 0.932. The van der Waals surface area contributed by atoms with Crippen LogP contribution in [0.25, 0.3) is 11.6 Å². The number of nitrogens with one attached hydrogen (secondary N) is 1. The van der Waals surface area contributed by atoms with Crippen LogP contribution in [0.1, 0.15) is 22.2 Å². The molecule has 0 radical (unpaired) electrons. The first-order chi connectivity index (χ1) is 12.7. The molecule has 1 aliphatic rings. The Labute approximate surface area is 148 Å². The number of aromatic nitrogens is 2. The molecule has 0 saturated carbocycles. The minimum Gasteiger partial charge on any atom is -0.461 e. The van der Waals surface area contributed by atoms with Crippen LogP contribution in [-0.4, -0.2) is 46.5 Å². The molecule has 1 fully saturated rings. The average molecular weight is 352 g/mol. The molecule has 0 aliphatic carbocycles. The van der Waals surface area contributed by atoms with E-state index in [1.165, 1.54) is 0 Å². The van der Waals surface area contributed by atoms with Crippen LogP contribution >= 0.6 is 0 Å². The summed E-state index contributed by atoms with van der Waals surface area (Å²) >= 11 is 0. The van der Waals surface area contributed by atoms with Gasteiger partial charge in [0, 0.05) is 18.7 Å². The molecule has 0 atom stereocenters. The molecule has 1 aliphatic heterocycles. The van der Waals surface area contributed by atoms with Crippen LogP contribution in [0.3, 0.4) is 0 Å². The van der Waals surface area contributed by atoms with Crippen molar-refractivity contribution in [3.05, 3.63) is 60.2 Å². The molecule has 1 aromatic carbocycles. The molecule has 2 amide bonds. The van der Waals surface area contributed by atoms with Crippen LogP contribution in [0.4, 0.5) is 0 Å². The normalized spacial score (nSPS) is 14.1. The van der Waals surface area contributed by atoms with Crippen molar-refractivity contribution in [2.75, 3.05) is 19.6 Å². The first-order valence-corrected chi connectivity index (χ1v) is 8.19. The fourth-order valence-electron chi connectivity index (χ4n) is 2.70. The van der Waals surface area contributed by atoms with Gasteiger partial charge in [0.1, 0.15) is 0 Å². The van der Waals surface area contributed by atoms with Gasteiger partial charge < -0.3 is 19.2 Å². The molecule has 3 heterocycles. The Morgan fingerprint density at radius 3 is 2.69 bits per heavy atom. The van der Waals surface area contributed by atoms with E-state index in [0.29, 0.717) is 36.1 Å². The molecule has 0 spiro atoms. The molecule has 2 aromatic heterocycles. The van der Waals surface area contributed by atoms with Gasteiger partial charge in [-0.1, -0.05) is 23.4 Å². The van der Waals surface area contributed by atoms with Crippen LogP contribution in [0.5, 0.6) is 0 Å². The van der Waals surface area contributed by atoms with Crippen molar-refractivity contribution in [2.24, 2.45) is 0 Å². The standard InChI is InChI=1S/C18H16N4O4/c23-15(9-19-17(24)12-5-2-1-3-6-12)22-10-13(11-22)18-20-16(21-26-18)14-7-4-8-25-14/h1-8,13H,9-11H2,(H,19,24). The number of hydrogen-bond donors (Lipinski definition) is 1. The first kappa shape index (κ1) is 16.1. The smallest absolute Gasteiger partial charge is 0.251 e. The maximum atomic E-state index is 12.2. The van der Waals surface area contributed by atoms with E-state index in [1.54, 1.807) is 47.6 Å². The van der Waals surface area contributed by atoms with Crippen LogP contribution in [-0.2, 0) is 4.79 Å². The fraction of sp³-hybridized carbons (Fsp3) is 0.222. The van der Waals surface area contributed by atoms with Gasteiger partial charge in [-0.05, 0) is 24.3 Å². The third kappa shape index (κ3) is 3.21. The molecule has 4 rings (SSSR count). The summed E-state index contributed by atoms with van der Waals surface area (Å²) in [5.41, 5.74) is 0.526. The molecule has 0 bridgehead atoms. The zero-order valence-electron chi connectivity index (χ0n) is 13.8. The Balaban J connectivity index is 1.27. The monoisotopic (exact) mass is 352 g/mol. The number of carbonyl (C=O) groups is 2. The number of likely N-dealkylation sites (tertiary alicyclic amines) is 1. The van der Waals surface area contributed by atoms with Crippen molar-refractivity contribution >= 4 is 11.8 Å². The number of furan rings is 1. The summed E-state index contributed by atoms with van der Waals surface area (Å²) in [5.74, 6) is 1.00. The van der Waals surface area contributed by atoms with E-state index in [-0.39, 0.29) is 24.3 Å². The van der Waals surface area contributed by atoms with E-state index in [0.717, 1.165) is 0 Å². The summed E-state index contributed by atoms with van der Waals surface area (Å²) < 4.78 is 10.5. The molecule has 132 valence electrons. The Kier molecular flexibility index (Phi) is 4.22. The number of hydrogen-bond acceptors (Lipinski definition) is 6. The summed E-state index contributed by atoms with van der Waals surface area (Å²) in [6, 6.07) is 12.3. The van der Waals surface area contributed by atoms with Gasteiger partial charge >= 0.3 is 0 Å². The highest BCUT2D eigenvalue weighted by Crippen LogP contribution is 2.27. The number of rotatable bonds is 5. The average Bonchev–Trinajstić information content (AvgIpc) is 3.30. The third-order valence-electron chi connectivity index (χ3n) is 4.20.